The number of nitrogens with zero attached hydrogens (tertiary/aromatic N) is 2. The van der Waals surface area contributed by atoms with Crippen molar-refractivity contribution in [1.29, 1.82) is 0 Å². The average molecular weight is 340 g/mol. The molecule has 1 heterocycles. The van der Waals surface area contributed by atoms with Crippen LogP contribution in [-0.2, 0) is 20.0 Å². The van der Waals surface area contributed by atoms with Crippen molar-refractivity contribution in [3.63, 3.8) is 0 Å². The first-order valence-corrected chi connectivity index (χ1v) is 7.51. The zero-order valence-electron chi connectivity index (χ0n) is 12.0. The van der Waals surface area contributed by atoms with Crippen LogP contribution in [0.15, 0.2) is 28.7 Å². The van der Waals surface area contributed by atoms with E-state index in [4.69, 9.17) is 0 Å². The summed E-state index contributed by atoms with van der Waals surface area (Å²) in [6.45, 7) is 4.79. The van der Waals surface area contributed by atoms with E-state index in [0.717, 1.165) is 27.8 Å². The highest BCUT2D eigenvalue weighted by Crippen LogP contribution is 2.22. The second-order valence-corrected chi connectivity index (χ2v) is 5.64. The highest BCUT2D eigenvalue weighted by atomic mass is 79.9. The first-order valence-electron chi connectivity index (χ1n) is 6.72. The summed E-state index contributed by atoms with van der Waals surface area (Å²) in [5.74, 6) is -0.203. The van der Waals surface area contributed by atoms with E-state index in [-0.39, 0.29) is 11.9 Å². The van der Waals surface area contributed by atoms with Gasteiger partial charge in [-0.25, -0.2) is 4.39 Å². The summed E-state index contributed by atoms with van der Waals surface area (Å²) in [6, 6.07) is 6.77. The molecule has 0 saturated carbocycles. The molecule has 108 valence electrons. The minimum absolute atomic E-state index is 0.0811. The summed E-state index contributed by atoms with van der Waals surface area (Å²) < 4.78 is 16.2. The van der Waals surface area contributed by atoms with E-state index < -0.39 is 0 Å². The Bertz CT molecular complexity index is 595. The molecular weight excluding hydrogens is 321 g/mol. The van der Waals surface area contributed by atoms with Crippen LogP contribution >= 0.6 is 15.9 Å². The van der Waals surface area contributed by atoms with Gasteiger partial charge in [0.25, 0.3) is 0 Å². The SMILES string of the molecule is CCc1nn(C)c(CNC(C)c2cccc(F)c2)c1Br. The number of nitrogens with one attached hydrogen (secondary N) is 1. The zero-order valence-corrected chi connectivity index (χ0v) is 13.5. The summed E-state index contributed by atoms with van der Waals surface area (Å²) in [6.07, 6.45) is 0.897. The minimum atomic E-state index is -0.203. The molecule has 1 unspecified atom stereocenters. The maximum Gasteiger partial charge on any atom is 0.123 e. The van der Waals surface area contributed by atoms with Crippen LogP contribution in [0.5, 0.6) is 0 Å². The van der Waals surface area contributed by atoms with Gasteiger partial charge in [-0.05, 0) is 47.0 Å². The molecular formula is C15H19BrFN3. The number of hydrogen-bond donors (Lipinski definition) is 1. The minimum Gasteiger partial charge on any atom is -0.305 e. The molecule has 0 saturated heterocycles. The van der Waals surface area contributed by atoms with E-state index in [9.17, 15) is 4.39 Å². The van der Waals surface area contributed by atoms with Gasteiger partial charge < -0.3 is 5.32 Å². The predicted octanol–water partition coefficient (Wildman–Crippen LogP) is 3.73. The molecule has 2 aromatic rings. The fourth-order valence-corrected chi connectivity index (χ4v) is 2.91. The molecule has 1 atom stereocenters. The second-order valence-electron chi connectivity index (χ2n) is 4.84. The van der Waals surface area contributed by atoms with Gasteiger partial charge in [-0.2, -0.15) is 5.10 Å². The van der Waals surface area contributed by atoms with Gasteiger partial charge in [-0.15, -0.1) is 0 Å². The lowest BCUT2D eigenvalue weighted by molar-refractivity contribution is 0.541. The van der Waals surface area contributed by atoms with E-state index in [2.05, 4.69) is 33.3 Å². The highest BCUT2D eigenvalue weighted by Gasteiger charge is 2.13. The van der Waals surface area contributed by atoms with E-state index in [0.29, 0.717) is 6.54 Å². The lowest BCUT2D eigenvalue weighted by Gasteiger charge is -2.14. The number of halogens is 2. The molecule has 0 aliphatic rings. The molecule has 0 radical (unpaired) electrons. The van der Waals surface area contributed by atoms with Gasteiger partial charge in [0.05, 0.1) is 15.9 Å². The quantitative estimate of drug-likeness (QED) is 0.899. The Morgan fingerprint density at radius 2 is 2.20 bits per heavy atom. The van der Waals surface area contributed by atoms with Gasteiger partial charge in [0.2, 0.25) is 0 Å². The van der Waals surface area contributed by atoms with Crippen molar-refractivity contribution >= 4 is 15.9 Å². The second kappa shape index (κ2) is 6.50. The van der Waals surface area contributed by atoms with Crippen molar-refractivity contribution < 1.29 is 4.39 Å². The van der Waals surface area contributed by atoms with Crippen LogP contribution in [0.25, 0.3) is 0 Å². The van der Waals surface area contributed by atoms with Crippen molar-refractivity contribution in [2.24, 2.45) is 7.05 Å². The average Bonchev–Trinajstić information content (AvgIpc) is 2.71. The topological polar surface area (TPSA) is 29.9 Å². The Labute approximate surface area is 127 Å². The Kier molecular flexibility index (Phi) is 4.94. The monoisotopic (exact) mass is 339 g/mol. The molecule has 0 aliphatic heterocycles. The lowest BCUT2D eigenvalue weighted by atomic mass is 10.1. The number of benzene rings is 1. The van der Waals surface area contributed by atoms with Crippen LogP contribution in [-0.4, -0.2) is 9.78 Å². The maximum absolute atomic E-state index is 13.2. The fraction of sp³-hybridized carbons (Fsp3) is 0.400. The molecule has 3 nitrogen and oxygen atoms in total. The molecule has 0 bridgehead atoms. The van der Waals surface area contributed by atoms with Crippen LogP contribution < -0.4 is 5.32 Å². The van der Waals surface area contributed by atoms with Gasteiger partial charge in [-0.3, -0.25) is 4.68 Å². The number of aromatic nitrogens is 2. The highest BCUT2D eigenvalue weighted by molar-refractivity contribution is 9.10. The molecule has 1 aromatic heterocycles. The van der Waals surface area contributed by atoms with Crippen LogP contribution in [0, 0.1) is 5.82 Å². The lowest BCUT2D eigenvalue weighted by Crippen LogP contribution is -2.20. The third kappa shape index (κ3) is 3.27. The Morgan fingerprint density at radius 3 is 2.80 bits per heavy atom. The van der Waals surface area contributed by atoms with Crippen molar-refractivity contribution in [1.82, 2.24) is 15.1 Å². The standard InChI is InChI=1S/C15H19BrFN3/c1-4-13-15(16)14(20(3)19-13)9-18-10(2)11-6-5-7-12(17)8-11/h5-8,10,18H,4,9H2,1-3H3. The molecule has 5 heteroatoms. The van der Waals surface area contributed by atoms with Crippen molar-refractivity contribution in [3.8, 4) is 0 Å². The van der Waals surface area contributed by atoms with E-state index >= 15 is 0 Å². The molecule has 1 aromatic carbocycles. The number of rotatable bonds is 5. The molecule has 2 rings (SSSR count). The summed E-state index contributed by atoms with van der Waals surface area (Å²) in [7, 11) is 1.94. The summed E-state index contributed by atoms with van der Waals surface area (Å²) in [5.41, 5.74) is 3.10. The third-order valence-electron chi connectivity index (χ3n) is 3.43. The van der Waals surface area contributed by atoms with Gasteiger partial charge in [-0.1, -0.05) is 19.1 Å². The summed E-state index contributed by atoms with van der Waals surface area (Å²) >= 11 is 3.60. The maximum atomic E-state index is 13.2. The first-order chi connectivity index (χ1) is 9.52. The van der Waals surface area contributed by atoms with E-state index in [1.807, 2.05) is 24.7 Å². The molecule has 0 fully saturated rings. The van der Waals surface area contributed by atoms with Gasteiger partial charge in [0.15, 0.2) is 0 Å². The van der Waals surface area contributed by atoms with Crippen LogP contribution in [0.3, 0.4) is 0 Å². The number of hydrogen-bond acceptors (Lipinski definition) is 2. The van der Waals surface area contributed by atoms with Gasteiger partial charge in [0, 0.05) is 19.6 Å². The largest absolute Gasteiger partial charge is 0.305 e. The van der Waals surface area contributed by atoms with Crippen molar-refractivity contribution in [3.05, 3.63) is 51.5 Å². The smallest absolute Gasteiger partial charge is 0.123 e. The Hall–Kier alpha value is -1.20. The van der Waals surface area contributed by atoms with Crippen molar-refractivity contribution in [2.75, 3.05) is 0 Å². The third-order valence-corrected chi connectivity index (χ3v) is 4.34. The predicted molar refractivity (Wildman–Crippen MR) is 81.9 cm³/mol. The van der Waals surface area contributed by atoms with E-state index in [1.54, 1.807) is 12.1 Å². The number of aryl methyl sites for hydroxylation is 2. The van der Waals surface area contributed by atoms with Gasteiger partial charge in [0.1, 0.15) is 5.82 Å². The summed E-state index contributed by atoms with van der Waals surface area (Å²) in [5, 5.41) is 7.87. The normalized spacial score (nSPS) is 12.7. The Balaban J connectivity index is 2.07. The van der Waals surface area contributed by atoms with Crippen LogP contribution in [0.2, 0.25) is 0 Å². The molecule has 1 N–H and O–H groups in total. The molecule has 0 aliphatic carbocycles. The molecule has 0 amide bonds. The Morgan fingerprint density at radius 1 is 1.45 bits per heavy atom. The molecule has 0 spiro atoms. The summed E-state index contributed by atoms with van der Waals surface area (Å²) in [4.78, 5) is 0. The fourth-order valence-electron chi connectivity index (χ4n) is 2.16. The van der Waals surface area contributed by atoms with Crippen LogP contribution in [0.1, 0.15) is 36.8 Å². The van der Waals surface area contributed by atoms with Crippen LogP contribution in [0.4, 0.5) is 4.39 Å². The van der Waals surface area contributed by atoms with Gasteiger partial charge >= 0.3 is 0 Å². The van der Waals surface area contributed by atoms with E-state index in [1.165, 1.54) is 6.07 Å². The first kappa shape index (κ1) is 15.2. The van der Waals surface area contributed by atoms with Crippen molar-refractivity contribution in [2.45, 2.75) is 32.9 Å². The zero-order chi connectivity index (χ0) is 14.7. The molecule has 20 heavy (non-hydrogen) atoms.